The van der Waals surface area contributed by atoms with Gasteiger partial charge in [0.15, 0.2) is 5.78 Å². The zero-order chi connectivity index (χ0) is 39.9. The van der Waals surface area contributed by atoms with Crippen molar-refractivity contribution in [3.8, 4) is 0 Å². The number of para-hydroxylation sites is 1. The topological polar surface area (TPSA) is 104 Å². The molecule has 0 aliphatic heterocycles. The molecule has 2 heterocycles. The summed E-state index contributed by atoms with van der Waals surface area (Å²) in [6.45, 7) is 8.36. The smallest absolute Gasteiger partial charge is 0.379 e. The van der Waals surface area contributed by atoms with Gasteiger partial charge in [0.1, 0.15) is 17.1 Å². The van der Waals surface area contributed by atoms with Gasteiger partial charge in [-0.05, 0) is 72.1 Å². The number of aryl methyl sites for hydroxylation is 1. The average Bonchev–Trinajstić information content (AvgIpc) is 3.53. The third kappa shape index (κ3) is 9.87. The van der Waals surface area contributed by atoms with Crippen LogP contribution in [0.2, 0.25) is 0 Å². The number of aromatic nitrogens is 2. The predicted molar refractivity (Wildman–Crippen MR) is 210 cm³/mol. The molecule has 1 amide bonds. The van der Waals surface area contributed by atoms with Crippen molar-refractivity contribution in [1.82, 2.24) is 20.6 Å². The quantitative estimate of drug-likeness (QED) is 0.0733. The Morgan fingerprint density at radius 2 is 1.64 bits per heavy atom. The van der Waals surface area contributed by atoms with Crippen LogP contribution in [0.3, 0.4) is 0 Å². The molecule has 0 fully saturated rings. The number of rotatable bonds is 17. The molecular weight excluding hydrogens is 729 g/mol. The number of aromatic amines is 1. The Morgan fingerprint density at radius 3 is 2.31 bits per heavy atom. The summed E-state index contributed by atoms with van der Waals surface area (Å²) in [7, 11) is 0. The lowest BCUT2D eigenvalue weighted by Crippen LogP contribution is -2.60. The van der Waals surface area contributed by atoms with Gasteiger partial charge in [0, 0.05) is 67.5 Å². The highest BCUT2D eigenvalue weighted by atomic mass is 32.1. The van der Waals surface area contributed by atoms with Crippen LogP contribution in [0.4, 0.5) is 17.6 Å². The molecule has 2 aromatic heterocycles. The molecule has 7 nitrogen and oxygen atoms in total. The fourth-order valence-electron chi connectivity index (χ4n) is 7.70. The maximum absolute atomic E-state index is 14.9. The Hall–Kier alpha value is -4.45. The summed E-state index contributed by atoms with van der Waals surface area (Å²) in [6.07, 6.45) is 0.830. The number of H-pyrrole nitrogens is 1. The van der Waals surface area contributed by atoms with E-state index < -0.39 is 34.9 Å². The summed E-state index contributed by atoms with van der Waals surface area (Å²) in [5.74, 6) is -3.02. The van der Waals surface area contributed by atoms with E-state index >= 15 is 0 Å². The number of ketones is 2. The lowest BCUT2D eigenvalue weighted by molar-refractivity contribution is -0.137. The van der Waals surface area contributed by atoms with E-state index in [1.165, 1.54) is 18.2 Å². The van der Waals surface area contributed by atoms with Crippen LogP contribution in [0.15, 0.2) is 67.0 Å². The molecule has 5 atom stereocenters. The highest BCUT2D eigenvalue weighted by Gasteiger charge is 2.46. The maximum Gasteiger partial charge on any atom is 0.418 e. The van der Waals surface area contributed by atoms with Crippen LogP contribution in [-0.4, -0.2) is 44.5 Å². The largest absolute Gasteiger partial charge is 0.418 e. The average molecular weight is 779 g/mol. The first-order chi connectivity index (χ1) is 26.2. The second kappa shape index (κ2) is 18.0. The monoisotopic (exact) mass is 778 g/mol. The third-order valence-electron chi connectivity index (χ3n) is 11.5. The number of halogens is 4. The van der Waals surface area contributed by atoms with Crippen LogP contribution in [0.5, 0.6) is 0 Å². The standard InChI is InChI=1S/C43H50F4N4O3S/c1-5-26(3)32(23-30(52)22-29-10-7-8-13-36(29)44)40(54)51-42(18-14-37-34(25-42)31-11-9-12-35(39(31)50-37)43(45,46)47)38(53)24-33(27(4)6-2)41(55)49-21-17-28-15-19-48-20-16-28/h7-13,15-16,19-20,26-27,32-33,50H,5-6,14,17-18,21-25H2,1-4H3,(H,49,55)(H,51,54)/t26?,27?,32-,33-,42+/m0/s1. The molecule has 4 aromatic rings. The Morgan fingerprint density at radius 1 is 0.945 bits per heavy atom. The van der Waals surface area contributed by atoms with Gasteiger partial charge in [-0.2, -0.15) is 13.2 Å². The highest BCUT2D eigenvalue weighted by Crippen LogP contribution is 2.41. The van der Waals surface area contributed by atoms with E-state index in [4.69, 9.17) is 12.2 Å². The van der Waals surface area contributed by atoms with Crippen LogP contribution in [0.25, 0.3) is 10.9 Å². The van der Waals surface area contributed by atoms with Gasteiger partial charge >= 0.3 is 6.18 Å². The molecule has 2 aromatic carbocycles. The number of carbonyl (C=O) groups is 3. The molecule has 0 radical (unpaired) electrons. The number of amides is 1. The van der Waals surface area contributed by atoms with Crippen molar-refractivity contribution < 1.29 is 31.9 Å². The van der Waals surface area contributed by atoms with Crippen LogP contribution in [-0.2, 0) is 46.2 Å². The summed E-state index contributed by atoms with van der Waals surface area (Å²) in [5.41, 5.74) is 0.127. The third-order valence-corrected chi connectivity index (χ3v) is 12.0. The van der Waals surface area contributed by atoms with Crippen molar-refractivity contribution in [2.75, 3.05) is 6.54 Å². The molecule has 294 valence electrons. The summed E-state index contributed by atoms with van der Waals surface area (Å²) >= 11 is 5.90. The number of benzene rings is 2. The van der Waals surface area contributed by atoms with Crippen molar-refractivity contribution >= 4 is 45.6 Å². The lowest BCUT2D eigenvalue weighted by atomic mass is 9.72. The van der Waals surface area contributed by atoms with E-state index in [1.807, 2.05) is 39.8 Å². The van der Waals surface area contributed by atoms with Crippen LogP contribution >= 0.6 is 12.2 Å². The molecule has 0 saturated carbocycles. The van der Waals surface area contributed by atoms with Gasteiger partial charge in [0.2, 0.25) is 5.91 Å². The zero-order valence-corrected chi connectivity index (χ0v) is 32.6. The van der Waals surface area contributed by atoms with Gasteiger partial charge in [0.25, 0.3) is 0 Å². The van der Waals surface area contributed by atoms with E-state index in [2.05, 4.69) is 20.6 Å². The molecule has 2 unspecified atom stereocenters. The number of fused-ring (bicyclic) bond motifs is 3. The van der Waals surface area contributed by atoms with E-state index in [1.54, 1.807) is 30.6 Å². The van der Waals surface area contributed by atoms with E-state index in [-0.39, 0.29) is 78.9 Å². The minimum absolute atomic E-state index is 0.00206. The second-order valence-electron chi connectivity index (χ2n) is 15.1. The number of Topliss-reactive ketones (excluding diaryl/α,β-unsaturated/α-hetero) is 2. The minimum atomic E-state index is -4.60. The first kappa shape index (κ1) is 41.7. The Balaban J connectivity index is 1.47. The van der Waals surface area contributed by atoms with Crippen LogP contribution in [0, 0.1) is 29.5 Å². The summed E-state index contributed by atoms with van der Waals surface area (Å²) in [5, 5.41) is 6.81. The number of thiocarbonyl (C=S) groups is 1. The van der Waals surface area contributed by atoms with Gasteiger partial charge in [0.05, 0.1) is 16.1 Å². The zero-order valence-electron chi connectivity index (χ0n) is 31.8. The number of pyridine rings is 1. The fraction of sp³-hybridized carbons (Fsp3) is 0.465. The number of alkyl halides is 3. The number of nitrogens with one attached hydrogen (secondary N) is 3. The van der Waals surface area contributed by atoms with Crippen LogP contribution < -0.4 is 10.6 Å². The molecule has 55 heavy (non-hydrogen) atoms. The Labute approximate surface area is 325 Å². The molecule has 0 bridgehead atoms. The number of carbonyl (C=O) groups excluding carboxylic acids is 3. The van der Waals surface area contributed by atoms with Crippen LogP contribution in [0.1, 0.15) is 87.7 Å². The second-order valence-corrected chi connectivity index (χ2v) is 15.5. The summed E-state index contributed by atoms with van der Waals surface area (Å²) < 4.78 is 56.8. The van der Waals surface area contributed by atoms with E-state index in [0.29, 0.717) is 41.0 Å². The van der Waals surface area contributed by atoms with Gasteiger partial charge in [-0.3, -0.25) is 19.4 Å². The summed E-state index contributed by atoms with van der Waals surface area (Å²) in [4.78, 5) is 50.4. The molecule has 1 aliphatic carbocycles. The number of hydrogen-bond acceptors (Lipinski definition) is 5. The van der Waals surface area contributed by atoms with Gasteiger partial charge in [-0.25, -0.2) is 4.39 Å². The van der Waals surface area contributed by atoms with Gasteiger partial charge < -0.3 is 15.6 Å². The lowest BCUT2D eigenvalue weighted by Gasteiger charge is -2.40. The molecule has 0 spiro atoms. The van der Waals surface area contributed by atoms with Crippen molar-refractivity contribution in [1.29, 1.82) is 0 Å². The highest BCUT2D eigenvalue weighted by molar-refractivity contribution is 7.80. The molecule has 1 aliphatic rings. The Kier molecular flexibility index (Phi) is 13.7. The van der Waals surface area contributed by atoms with Gasteiger partial charge in [-0.1, -0.05) is 83.1 Å². The maximum atomic E-state index is 14.9. The van der Waals surface area contributed by atoms with Crippen molar-refractivity contribution in [2.45, 2.75) is 97.2 Å². The SMILES string of the molecule is CCC(C)[C@H](CC(=O)Cc1ccccc1F)C(=O)N[C@]1(C(=O)C[C@H](C(=S)NCCc2ccncc2)C(C)CC)CCc2[nH]c3c(C(F)(F)F)cccc3c2C1. The molecule has 0 saturated heterocycles. The van der Waals surface area contributed by atoms with Crippen molar-refractivity contribution in [3.05, 3.63) is 101 Å². The molecule has 3 N–H and O–H groups in total. The molecule has 5 rings (SSSR count). The number of nitrogens with zero attached hydrogens (tertiary/aromatic N) is 1. The predicted octanol–water partition coefficient (Wildman–Crippen LogP) is 8.71. The van der Waals surface area contributed by atoms with Crippen molar-refractivity contribution in [3.63, 3.8) is 0 Å². The van der Waals surface area contributed by atoms with Crippen molar-refractivity contribution in [2.24, 2.45) is 23.7 Å². The Bertz CT molecular complexity index is 2000. The van der Waals surface area contributed by atoms with E-state index in [9.17, 15) is 31.9 Å². The first-order valence-electron chi connectivity index (χ1n) is 19.1. The normalized spacial score (nSPS) is 17.8. The van der Waals surface area contributed by atoms with E-state index in [0.717, 1.165) is 18.1 Å². The fourth-order valence-corrected chi connectivity index (χ4v) is 8.12. The molecule has 12 heteroatoms. The number of hydrogen-bond donors (Lipinski definition) is 3. The van der Waals surface area contributed by atoms with Gasteiger partial charge in [-0.15, -0.1) is 0 Å². The molecular formula is C43H50F4N4O3S. The minimum Gasteiger partial charge on any atom is -0.379 e. The summed E-state index contributed by atoms with van der Waals surface area (Å²) in [6, 6.07) is 13.8. The first-order valence-corrected chi connectivity index (χ1v) is 19.5.